The van der Waals surface area contributed by atoms with Gasteiger partial charge in [0.25, 0.3) is 5.91 Å². The summed E-state index contributed by atoms with van der Waals surface area (Å²) >= 11 is 0. The van der Waals surface area contributed by atoms with E-state index in [9.17, 15) is 4.79 Å². The van der Waals surface area contributed by atoms with Crippen LogP contribution in [0.4, 0.5) is 0 Å². The minimum atomic E-state index is 0.128. The number of nitrogens with one attached hydrogen (secondary N) is 1. The molecule has 1 aromatic rings. The Balaban J connectivity index is 1.83. The molecule has 0 spiro atoms. The average molecular weight is 274 g/mol. The summed E-state index contributed by atoms with van der Waals surface area (Å²) in [4.78, 5) is 14.2. The summed E-state index contributed by atoms with van der Waals surface area (Å²) in [6.07, 6.45) is 5.91. The fourth-order valence-electron chi connectivity index (χ4n) is 2.72. The maximum absolute atomic E-state index is 12.3. The molecule has 1 fully saturated rings. The van der Waals surface area contributed by atoms with Gasteiger partial charge in [-0.15, -0.1) is 0 Å². The molecule has 0 aliphatic carbocycles. The standard InChI is InChI=1S/C17H26N2O/c1-3-14-7-9-15(10-8-14)17(20)19(2)13-11-16-6-4-5-12-18-16/h7-10,16,18H,3-6,11-13H2,1-2H3. The summed E-state index contributed by atoms with van der Waals surface area (Å²) in [5.41, 5.74) is 2.07. The van der Waals surface area contributed by atoms with E-state index in [-0.39, 0.29) is 5.91 Å². The van der Waals surface area contributed by atoms with Gasteiger partial charge >= 0.3 is 0 Å². The number of hydrogen-bond donors (Lipinski definition) is 1. The van der Waals surface area contributed by atoms with Crippen molar-refractivity contribution in [2.75, 3.05) is 20.1 Å². The zero-order chi connectivity index (χ0) is 14.4. The molecule has 1 saturated heterocycles. The molecule has 1 aliphatic heterocycles. The predicted molar refractivity (Wildman–Crippen MR) is 83.0 cm³/mol. The molecular weight excluding hydrogens is 248 g/mol. The fraction of sp³-hybridized carbons (Fsp3) is 0.588. The van der Waals surface area contributed by atoms with Crippen molar-refractivity contribution in [3.05, 3.63) is 35.4 Å². The van der Waals surface area contributed by atoms with Crippen molar-refractivity contribution in [3.63, 3.8) is 0 Å². The summed E-state index contributed by atoms with van der Waals surface area (Å²) in [6, 6.07) is 8.56. The number of rotatable bonds is 5. The third-order valence-corrected chi connectivity index (χ3v) is 4.18. The number of nitrogens with zero attached hydrogens (tertiary/aromatic N) is 1. The Morgan fingerprint density at radius 2 is 2.05 bits per heavy atom. The van der Waals surface area contributed by atoms with Crippen LogP contribution in [0.1, 0.15) is 48.5 Å². The van der Waals surface area contributed by atoms with Crippen LogP contribution in [0.25, 0.3) is 0 Å². The lowest BCUT2D eigenvalue weighted by molar-refractivity contribution is 0.0788. The molecule has 1 amide bonds. The van der Waals surface area contributed by atoms with Gasteiger partial charge in [-0.05, 0) is 49.9 Å². The van der Waals surface area contributed by atoms with Gasteiger partial charge in [0.1, 0.15) is 0 Å². The maximum Gasteiger partial charge on any atom is 0.253 e. The molecule has 1 unspecified atom stereocenters. The molecule has 0 radical (unpaired) electrons. The summed E-state index contributed by atoms with van der Waals surface area (Å²) < 4.78 is 0. The highest BCUT2D eigenvalue weighted by atomic mass is 16.2. The highest BCUT2D eigenvalue weighted by Crippen LogP contribution is 2.12. The van der Waals surface area contributed by atoms with E-state index < -0.39 is 0 Å². The van der Waals surface area contributed by atoms with E-state index in [4.69, 9.17) is 0 Å². The summed E-state index contributed by atoms with van der Waals surface area (Å²) in [5, 5.41) is 3.53. The van der Waals surface area contributed by atoms with Gasteiger partial charge in [-0.25, -0.2) is 0 Å². The van der Waals surface area contributed by atoms with Crippen molar-refractivity contribution in [1.29, 1.82) is 0 Å². The quantitative estimate of drug-likeness (QED) is 0.895. The third kappa shape index (κ3) is 4.07. The van der Waals surface area contributed by atoms with Gasteiger partial charge in [-0.2, -0.15) is 0 Å². The van der Waals surface area contributed by atoms with Crippen LogP contribution in [0.3, 0.4) is 0 Å². The lowest BCUT2D eigenvalue weighted by Crippen LogP contribution is -2.38. The Morgan fingerprint density at radius 1 is 1.30 bits per heavy atom. The van der Waals surface area contributed by atoms with Crippen LogP contribution in [0.15, 0.2) is 24.3 Å². The molecule has 20 heavy (non-hydrogen) atoms. The molecule has 1 aromatic carbocycles. The van der Waals surface area contributed by atoms with E-state index >= 15 is 0 Å². The summed E-state index contributed by atoms with van der Waals surface area (Å²) in [5.74, 6) is 0.128. The minimum absolute atomic E-state index is 0.128. The molecule has 2 rings (SSSR count). The second-order valence-corrected chi connectivity index (χ2v) is 5.71. The largest absolute Gasteiger partial charge is 0.342 e. The van der Waals surface area contributed by atoms with Crippen LogP contribution >= 0.6 is 0 Å². The Kier molecular flexibility index (Phi) is 5.60. The van der Waals surface area contributed by atoms with Gasteiger partial charge in [-0.3, -0.25) is 4.79 Å². The van der Waals surface area contributed by atoms with E-state index in [0.29, 0.717) is 6.04 Å². The second kappa shape index (κ2) is 7.44. The highest BCUT2D eigenvalue weighted by Gasteiger charge is 2.16. The first-order chi connectivity index (χ1) is 9.70. The van der Waals surface area contributed by atoms with Crippen LogP contribution in [-0.4, -0.2) is 37.0 Å². The molecule has 1 heterocycles. The first-order valence-electron chi connectivity index (χ1n) is 7.78. The van der Waals surface area contributed by atoms with E-state index in [1.165, 1.54) is 24.8 Å². The van der Waals surface area contributed by atoms with E-state index in [1.54, 1.807) is 0 Å². The molecule has 0 bridgehead atoms. The number of carbonyl (C=O) groups is 1. The number of hydrogen-bond acceptors (Lipinski definition) is 2. The van der Waals surface area contributed by atoms with Gasteiger partial charge in [0.15, 0.2) is 0 Å². The number of carbonyl (C=O) groups excluding carboxylic acids is 1. The third-order valence-electron chi connectivity index (χ3n) is 4.18. The maximum atomic E-state index is 12.3. The number of aryl methyl sites for hydroxylation is 1. The van der Waals surface area contributed by atoms with Crippen molar-refractivity contribution in [2.24, 2.45) is 0 Å². The van der Waals surface area contributed by atoms with Crippen LogP contribution in [0.2, 0.25) is 0 Å². The number of benzene rings is 1. The predicted octanol–water partition coefficient (Wildman–Crippen LogP) is 2.85. The van der Waals surface area contributed by atoms with E-state index in [1.807, 2.05) is 36.2 Å². The van der Waals surface area contributed by atoms with E-state index in [0.717, 1.165) is 31.5 Å². The molecule has 1 atom stereocenters. The zero-order valence-electron chi connectivity index (χ0n) is 12.7. The van der Waals surface area contributed by atoms with Crippen LogP contribution in [-0.2, 0) is 6.42 Å². The average Bonchev–Trinajstić information content (AvgIpc) is 2.53. The summed E-state index contributed by atoms with van der Waals surface area (Å²) in [6.45, 7) is 4.08. The van der Waals surface area contributed by atoms with Gasteiger partial charge in [-0.1, -0.05) is 25.5 Å². The number of piperidine rings is 1. The second-order valence-electron chi connectivity index (χ2n) is 5.71. The monoisotopic (exact) mass is 274 g/mol. The smallest absolute Gasteiger partial charge is 0.253 e. The van der Waals surface area contributed by atoms with Crippen LogP contribution in [0, 0.1) is 0 Å². The van der Waals surface area contributed by atoms with Crippen molar-refractivity contribution >= 4 is 5.91 Å². The molecule has 3 nitrogen and oxygen atoms in total. The van der Waals surface area contributed by atoms with Crippen molar-refractivity contribution < 1.29 is 4.79 Å². The SMILES string of the molecule is CCc1ccc(C(=O)N(C)CCC2CCCCN2)cc1. The minimum Gasteiger partial charge on any atom is -0.342 e. The molecule has 110 valence electrons. The molecule has 1 N–H and O–H groups in total. The molecule has 0 saturated carbocycles. The molecule has 0 aromatic heterocycles. The van der Waals surface area contributed by atoms with Crippen molar-refractivity contribution in [1.82, 2.24) is 10.2 Å². The number of amides is 1. The molecular formula is C17H26N2O. The lowest BCUT2D eigenvalue weighted by atomic mass is 10.0. The Hall–Kier alpha value is -1.35. The summed E-state index contributed by atoms with van der Waals surface area (Å²) in [7, 11) is 1.90. The fourth-order valence-corrected chi connectivity index (χ4v) is 2.72. The van der Waals surface area contributed by atoms with Crippen molar-refractivity contribution in [3.8, 4) is 0 Å². The highest BCUT2D eigenvalue weighted by molar-refractivity contribution is 5.94. The van der Waals surface area contributed by atoms with Gasteiger partial charge in [0, 0.05) is 25.2 Å². The first kappa shape index (κ1) is 15.0. The topological polar surface area (TPSA) is 32.3 Å². The van der Waals surface area contributed by atoms with Gasteiger partial charge < -0.3 is 10.2 Å². The van der Waals surface area contributed by atoms with Gasteiger partial charge in [0.05, 0.1) is 0 Å². The molecule has 3 heteroatoms. The Morgan fingerprint density at radius 3 is 2.65 bits per heavy atom. The lowest BCUT2D eigenvalue weighted by Gasteiger charge is -2.26. The first-order valence-corrected chi connectivity index (χ1v) is 7.78. The molecule has 1 aliphatic rings. The van der Waals surface area contributed by atoms with E-state index in [2.05, 4.69) is 12.2 Å². The normalized spacial score (nSPS) is 18.8. The van der Waals surface area contributed by atoms with Crippen molar-refractivity contribution in [2.45, 2.75) is 45.1 Å². The van der Waals surface area contributed by atoms with Gasteiger partial charge in [0.2, 0.25) is 0 Å². The Labute approximate surface area is 122 Å². The Bertz CT molecular complexity index is 421. The van der Waals surface area contributed by atoms with Crippen LogP contribution in [0.5, 0.6) is 0 Å². The van der Waals surface area contributed by atoms with Crippen LogP contribution < -0.4 is 5.32 Å². The zero-order valence-corrected chi connectivity index (χ0v) is 12.7.